The van der Waals surface area contributed by atoms with E-state index in [1.165, 1.54) is 45.1 Å². The molecule has 0 bridgehead atoms. The van der Waals surface area contributed by atoms with Crippen molar-refractivity contribution in [3.05, 3.63) is 12.2 Å². The molecule has 2 aliphatic heterocycles. The molecular weight excluding hydrogens is 206 g/mol. The van der Waals surface area contributed by atoms with E-state index >= 15 is 0 Å². The zero-order chi connectivity index (χ0) is 12.1. The van der Waals surface area contributed by atoms with E-state index in [0.717, 1.165) is 24.4 Å². The Hall–Kier alpha value is -0.740. The van der Waals surface area contributed by atoms with Crippen LogP contribution in [0.4, 0.5) is 0 Å². The number of allylic oxidation sites excluding steroid dienone is 1. The first-order valence-corrected chi connectivity index (χ1v) is 7.23. The zero-order valence-electron chi connectivity index (χ0n) is 11.1. The monoisotopic (exact) mass is 231 g/mol. The van der Waals surface area contributed by atoms with Gasteiger partial charge in [0.25, 0.3) is 0 Å². The van der Waals surface area contributed by atoms with E-state index in [-0.39, 0.29) is 0 Å². The van der Waals surface area contributed by atoms with Crippen molar-refractivity contribution in [2.24, 2.45) is 5.92 Å². The quantitative estimate of drug-likeness (QED) is 0.671. The third-order valence-corrected chi connectivity index (χ3v) is 4.62. The second-order valence-corrected chi connectivity index (χ2v) is 5.51. The standard InChI is InChI=1S/C16H25N/c1-3-5-6-9-15-12-11-14(4-2)16-10-7-8-13-17(15)16/h1,5-6,14-16H,4,7-13H2,2H3/b6-5-. The second-order valence-electron chi connectivity index (χ2n) is 5.51. The third-order valence-electron chi connectivity index (χ3n) is 4.62. The van der Waals surface area contributed by atoms with E-state index in [1.54, 1.807) is 0 Å². The Morgan fingerprint density at radius 3 is 2.94 bits per heavy atom. The summed E-state index contributed by atoms with van der Waals surface area (Å²) in [5, 5.41) is 0. The van der Waals surface area contributed by atoms with Gasteiger partial charge in [0.05, 0.1) is 0 Å². The molecular formula is C16H25N. The number of rotatable bonds is 3. The van der Waals surface area contributed by atoms with Gasteiger partial charge >= 0.3 is 0 Å². The minimum atomic E-state index is 0.757. The van der Waals surface area contributed by atoms with Crippen LogP contribution in [0, 0.1) is 18.3 Å². The Balaban J connectivity index is 1.99. The van der Waals surface area contributed by atoms with Crippen molar-refractivity contribution in [3.63, 3.8) is 0 Å². The van der Waals surface area contributed by atoms with Crippen molar-refractivity contribution in [2.75, 3.05) is 6.54 Å². The van der Waals surface area contributed by atoms with E-state index in [9.17, 15) is 0 Å². The Morgan fingerprint density at radius 1 is 1.29 bits per heavy atom. The molecule has 0 radical (unpaired) electrons. The first kappa shape index (κ1) is 12.7. The summed E-state index contributed by atoms with van der Waals surface area (Å²) in [6.45, 7) is 3.67. The molecule has 2 fully saturated rings. The highest BCUT2D eigenvalue weighted by molar-refractivity contribution is 5.09. The molecule has 1 heteroatoms. The molecule has 2 heterocycles. The molecule has 2 rings (SSSR count). The van der Waals surface area contributed by atoms with Crippen molar-refractivity contribution < 1.29 is 0 Å². The van der Waals surface area contributed by atoms with Crippen LogP contribution in [-0.2, 0) is 0 Å². The molecule has 17 heavy (non-hydrogen) atoms. The number of fused-ring (bicyclic) bond motifs is 1. The molecule has 0 N–H and O–H groups in total. The SMILES string of the molecule is C#C/C=C\CC1CCC(CC)C2CCCCN12. The highest BCUT2D eigenvalue weighted by Gasteiger charge is 2.36. The van der Waals surface area contributed by atoms with Crippen LogP contribution in [0.2, 0.25) is 0 Å². The molecule has 94 valence electrons. The number of hydrogen-bond acceptors (Lipinski definition) is 1. The maximum Gasteiger partial charge on any atom is 0.0133 e. The summed E-state index contributed by atoms with van der Waals surface area (Å²) in [6.07, 6.45) is 18.9. The van der Waals surface area contributed by atoms with Gasteiger partial charge in [-0.05, 0) is 50.6 Å². The number of terminal acetylenes is 1. The molecule has 0 aromatic heterocycles. The largest absolute Gasteiger partial charge is 0.297 e. The lowest BCUT2D eigenvalue weighted by atomic mass is 9.78. The Labute approximate surface area is 106 Å². The molecule has 2 saturated heterocycles. The number of nitrogens with zero attached hydrogens (tertiary/aromatic N) is 1. The maximum atomic E-state index is 5.27. The van der Waals surface area contributed by atoms with E-state index in [2.05, 4.69) is 23.8 Å². The van der Waals surface area contributed by atoms with E-state index in [0.29, 0.717) is 0 Å². The summed E-state index contributed by atoms with van der Waals surface area (Å²) in [7, 11) is 0. The minimum Gasteiger partial charge on any atom is -0.297 e. The average molecular weight is 231 g/mol. The van der Waals surface area contributed by atoms with E-state index < -0.39 is 0 Å². The molecule has 3 atom stereocenters. The van der Waals surface area contributed by atoms with Gasteiger partial charge < -0.3 is 0 Å². The lowest BCUT2D eigenvalue weighted by Gasteiger charge is -2.49. The molecule has 0 spiro atoms. The average Bonchev–Trinajstić information content (AvgIpc) is 2.39. The normalized spacial score (nSPS) is 34.5. The number of piperidine rings is 2. The van der Waals surface area contributed by atoms with Crippen LogP contribution in [0.15, 0.2) is 12.2 Å². The molecule has 2 aliphatic rings. The molecule has 0 saturated carbocycles. The smallest absolute Gasteiger partial charge is 0.0133 e. The maximum absolute atomic E-state index is 5.27. The highest BCUT2D eigenvalue weighted by atomic mass is 15.2. The van der Waals surface area contributed by atoms with Crippen molar-refractivity contribution in [1.82, 2.24) is 4.90 Å². The fourth-order valence-corrected chi connectivity index (χ4v) is 3.73. The summed E-state index contributed by atoms with van der Waals surface area (Å²) < 4.78 is 0. The van der Waals surface area contributed by atoms with Gasteiger partial charge in [-0.2, -0.15) is 0 Å². The van der Waals surface area contributed by atoms with Gasteiger partial charge in [0.15, 0.2) is 0 Å². The van der Waals surface area contributed by atoms with Crippen molar-refractivity contribution in [3.8, 4) is 12.3 Å². The Kier molecular flexibility index (Phi) is 4.68. The third kappa shape index (κ3) is 2.93. The molecule has 0 aromatic carbocycles. The van der Waals surface area contributed by atoms with Crippen molar-refractivity contribution >= 4 is 0 Å². The van der Waals surface area contributed by atoms with Gasteiger partial charge in [-0.3, -0.25) is 4.90 Å². The van der Waals surface area contributed by atoms with Crippen LogP contribution in [0.25, 0.3) is 0 Å². The van der Waals surface area contributed by atoms with E-state index in [1.807, 2.05) is 6.08 Å². The lowest BCUT2D eigenvalue weighted by molar-refractivity contribution is 0.0118. The molecule has 3 unspecified atom stereocenters. The van der Waals surface area contributed by atoms with Crippen LogP contribution in [0.5, 0.6) is 0 Å². The Bertz CT molecular complexity index is 299. The summed E-state index contributed by atoms with van der Waals surface area (Å²) in [4.78, 5) is 2.79. The lowest BCUT2D eigenvalue weighted by Crippen LogP contribution is -2.52. The predicted octanol–water partition coefficient (Wildman–Crippen LogP) is 3.61. The molecule has 1 nitrogen and oxygen atoms in total. The van der Waals surface area contributed by atoms with Crippen LogP contribution in [0.1, 0.15) is 51.9 Å². The van der Waals surface area contributed by atoms with Crippen LogP contribution in [0.3, 0.4) is 0 Å². The van der Waals surface area contributed by atoms with Gasteiger partial charge in [0.1, 0.15) is 0 Å². The van der Waals surface area contributed by atoms with Gasteiger partial charge in [0.2, 0.25) is 0 Å². The van der Waals surface area contributed by atoms with Gasteiger partial charge in [-0.15, -0.1) is 6.42 Å². The Morgan fingerprint density at radius 2 is 2.18 bits per heavy atom. The van der Waals surface area contributed by atoms with Crippen molar-refractivity contribution in [1.29, 1.82) is 0 Å². The van der Waals surface area contributed by atoms with Crippen LogP contribution in [-0.4, -0.2) is 23.5 Å². The number of hydrogen-bond donors (Lipinski definition) is 0. The summed E-state index contributed by atoms with van der Waals surface area (Å²) in [5.41, 5.74) is 0. The first-order chi connectivity index (χ1) is 8.36. The second kappa shape index (κ2) is 6.26. The molecule has 0 aromatic rings. The van der Waals surface area contributed by atoms with Gasteiger partial charge in [-0.25, -0.2) is 0 Å². The zero-order valence-corrected chi connectivity index (χ0v) is 11.1. The summed E-state index contributed by atoms with van der Waals surface area (Å²) >= 11 is 0. The van der Waals surface area contributed by atoms with Gasteiger partial charge in [0, 0.05) is 12.1 Å². The minimum absolute atomic E-state index is 0.757. The van der Waals surface area contributed by atoms with Crippen molar-refractivity contribution in [2.45, 2.75) is 64.0 Å². The summed E-state index contributed by atoms with van der Waals surface area (Å²) in [6, 6.07) is 1.62. The summed E-state index contributed by atoms with van der Waals surface area (Å²) in [5.74, 6) is 3.55. The van der Waals surface area contributed by atoms with E-state index in [4.69, 9.17) is 6.42 Å². The fraction of sp³-hybridized carbons (Fsp3) is 0.750. The molecule has 0 amide bonds. The topological polar surface area (TPSA) is 3.24 Å². The van der Waals surface area contributed by atoms with Crippen LogP contribution >= 0.6 is 0 Å². The molecule has 0 aliphatic carbocycles. The highest BCUT2D eigenvalue weighted by Crippen LogP contribution is 2.36. The fourth-order valence-electron chi connectivity index (χ4n) is 3.73. The van der Waals surface area contributed by atoms with Gasteiger partial charge in [-0.1, -0.05) is 31.8 Å². The first-order valence-electron chi connectivity index (χ1n) is 7.23. The predicted molar refractivity (Wildman–Crippen MR) is 73.7 cm³/mol. The van der Waals surface area contributed by atoms with Crippen LogP contribution < -0.4 is 0 Å².